The molecule has 3 N–H and O–H groups in total. The predicted octanol–water partition coefficient (Wildman–Crippen LogP) is -0.698. The molecule has 82 valence electrons. The van der Waals surface area contributed by atoms with E-state index in [0.717, 1.165) is 0 Å². The van der Waals surface area contributed by atoms with Crippen molar-refractivity contribution < 1.29 is 9.90 Å². The van der Waals surface area contributed by atoms with Crippen LogP contribution in [0.25, 0.3) is 0 Å². The smallest absolute Gasteiger partial charge is 0.276 e. The van der Waals surface area contributed by atoms with E-state index in [1.54, 1.807) is 10.9 Å². The zero-order chi connectivity index (χ0) is 11.0. The highest BCUT2D eigenvalue weighted by molar-refractivity contribution is 5.97. The number of nitrogen functional groups attached to an aromatic ring is 1. The summed E-state index contributed by atoms with van der Waals surface area (Å²) in [6.07, 6.45) is 1.24. The van der Waals surface area contributed by atoms with Crippen LogP contribution in [-0.4, -0.2) is 44.9 Å². The van der Waals surface area contributed by atoms with E-state index in [2.05, 4.69) is 5.10 Å². The van der Waals surface area contributed by atoms with Crippen LogP contribution in [0.2, 0.25) is 0 Å². The molecule has 6 nitrogen and oxygen atoms in total. The number of nitrogens with two attached hydrogens (primary N) is 1. The van der Waals surface area contributed by atoms with Crippen LogP contribution in [0.1, 0.15) is 17.4 Å². The Labute approximate surface area is 87.3 Å². The lowest BCUT2D eigenvalue weighted by molar-refractivity contribution is 0.00552. The molecule has 1 aromatic heterocycles. The molecule has 0 atom stereocenters. The molecule has 6 heteroatoms. The minimum atomic E-state index is -0.400. The summed E-state index contributed by atoms with van der Waals surface area (Å²) in [5.74, 6) is -0.204. The maximum absolute atomic E-state index is 11.8. The first-order chi connectivity index (χ1) is 7.11. The number of nitrogens with zero attached hydrogens (tertiary/aromatic N) is 3. The normalized spacial score (nSPS) is 16.5. The summed E-state index contributed by atoms with van der Waals surface area (Å²) >= 11 is 0. The SMILES string of the molecule is CCn1cc(N)c(C(=O)N2CC(O)C2)n1. The minimum Gasteiger partial charge on any atom is -0.396 e. The van der Waals surface area contributed by atoms with Crippen molar-refractivity contribution in [2.75, 3.05) is 18.8 Å². The standard InChI is InChI=1S/C9H14N4O2/c1-2-13-5-7(10)8(11-13)9(15)12-3-6(14)4-12/h5-6,14H,2-4,10H2,1H3. The zero-order valence-electron chi connectivity index (χ0n) is 8.55. The van der Waals surface area contributed by atoms with Gasteiger partial charge in [0.1, 0.15) is 0 Å². The third-order valence-corrected chi connectivity index (χ3v) is 2.47. The van der Waals surface area contributed by atoms with Gasteiger partial charge in [0.2, 0.25) is 0 Å². The number of hydrogen-bond acceptors (Lipinski definition) is 4. The highest BCUT2D eigenvalue weighted by atomic mass is 16.3. The van der Waals surface area contributed by atoms with Crippen LogP contribution in [0.15, 0.2) is 6.20 Å². The average Bonchev–Trinajstić information content (AvgIpc) is 2.54. The maximum atomic E-state index is 11.8. The number of rotatable bonds is 2. The largest absolute Gasteiger partial charge is 0.396 e. The van der Waals surface area contributed by atoms with Gasteiger partial charge in [0.25, 0.3) is 5.91 Å². The molecule has 15 heavy (non-hydrogen) atoms. The average molecular weight is 210 g/mol. The topological polar surface area (TPSA) is 84.4 Å². The van der Waals surface area contributed by atoms with E-state index < -0.39 is 6.10 Å². The van der Waals surface area contributed by atoms with Crippen molar-refractivity contribution in [3.05, 3.63) is 11.9 Å². The molecule has 1 aromatic rings. The molecular weight excluding hydrogens is 196 g/mol. The summed E-state index contributed by atoms with van der Waals surface area (Å²) < 4.78 is 1.62. The van der Waals surface area contributed by atoms with Gasteiger partial charge in [-0.1, -0.05) is 0 Å². The van der Waals surface area contributed by atoms with E-state index in [-0.39, 0.29) is 11.6 Å². The van der Waals surface area contributed by atoms with Crippen LogP contribution in [-0.2, 0) is 6.54 Å². The number of hydrogen-bond donors (Lipinski definition) is 2. The Morgan fingerprint density at radius 1 is 1.73 bits per heavy atom. The lowest BCUT2D eigenvalue weighted by Crippen LogP contribution is -2.53. The molecule has 0 spiro atoms. The second kappa shape index (κ2) is 3.54. The van der Waals surface area contributed by atoms with Crippen LogP contribution in [0.4, 0.5) is 5.69 Å². The first kappa shape index (κ1) is 9.97. The molecule has 0 saturated carbocycles. The second-order valence-electron chi connectivity index (χ2n) is 3.65. The van der Waals surface area contributed by atoms with Crippen molar-refractivity contribution in [2.24, 2.45) is 0 Å². The summed E-state index contributed by atoms with van der Waals surface area (Å²) in [7, 11) is 0. The molecule has 1 aliphatic rings. The summed E-state index contributed by atoms with van der Waals surface area (Å²) in [5, 5.41) is 13.2. The number of carbonyl (C=O) groups excluding carboxylic acids is 1. The molecule has 0 unspecified atom stereocenters. The maximum Gasteiger partial charge on any atom is 0.276 e. The number of anilines is 1. The van der Waals surface area contributed by atoms with Crippen LogP contribution in [0, 0.1) is 0 Å². The Hall–Kier alpha value is -1.56. The number of likely N-dealkylation sites (tertiary alicyclic amines) is 1. The third kappa shape index (κ3) is 1.68. The zero-order valence-corrected chi connectivity index (χ0v) is 8.55. The van der Waals surface area contributed by atoms with Gasteiger partial charge in [0, 0.05) is 25.8 Å². The van der Waals surface area contributed by atoms with E-state index >= 15 is 0 Å². The third-order valence-electron chi connectivity index (χ3n) is 2.47. The van der Waals surface area contributed by atoms with Gasteiger partial charge in [-0.25, -0.2) is 0 Å². The molecule has 1 fully saturated rings. The van der Waals surface area contributed by atoms with Crippen LogP contribution in [0.5, 0.6) is 0 Å². The fourth-order valence-electron chi connectivity index (χ4n) is 1.54. The van der Waals surface area contributed by atoms with Crippen LogP contribution < -0.4 is 5.73 Å². The van der Waals surface area contributed by atoms with Gasteiger partial charge in [-0.05, 0) is 6.92 Å². The molecule has 0 bridgehead atoms. The predicted molar refractivity (Wildman–Crippen MR) is 54.2 cm³/mol. The van der Waals surface area contributed by atoms with E-state index in [1.807, 2.05) is 6.92 Å². The molecule has 0 aliphatic carbocycles. The Bertz CT molecular complexity index is 381. The van der Waals surface area contributed by atoms with Crippen molar-refractivity contribution in [1.82, 2.24) is 14.7 Å². The Morgan fingerprint density at radius 2 is 2.40 bits per heavy atom. The summed E-state index contributed by atoms with van der Waals surface area (Å²) in [5.41, 5.74) is 6.35. The molecule has 1 amide bonds. The number of aromatic nitrogens is 2. The molecule has 2 rings (SSSR count). The fourth-order valence-corrected chi connectivity index (χ4v) is 1.54. The van der Waals surface area contributed by atoms with E-state index in [9.17, 15) is 4.79 Å². The monoisotopic (exact) mass is 210 g/mol. The molecule has 0 aromatic carbocycles. The van der Waals surface area contributed by atoms with Crippen molar-refractivity contribution in [3.63, 3.8) is 0 Å². The second-order valence-corrected chi connectivity index (χ2v) is 3.65. The first-order valence-corrected chi connectivity index (χ1v) is 4.92. The molecular formula is C9H14N4O2. The van der Waals surface area contributed by atoms with Gasteiger partial charge >= 0.3 is 0 Å². The summed E-state index contributed by atoms with van der Waals surface area (Å²) in [6, 6.07) is 0. The van der Waals surface area contributed by atoms with Crippen LogP contribution >= 0.6 is 0 Å². The van der Waals surface area contributed by atoms with Crippen molar-refractivity contribution in [2.45, 2.75) is 19.6 Å². The molecule has 1 saturated heterocycles. The van der Waals surface area contributed by atoms with Gasteiger partial charge in [0.05, 0.1) is 11.8 Å². The van der Waals surface area contributed by atoms with Crippen molar-refractivity contribution in [3.8, 4) is 0 Å². The first-order valence-electron chi connectivity index (χ1n) is 4.92. The van der Waals surface area contributed by atoms with Gasteiger partial charge in [0.15, 0.2) is 5.69 Å². The van der Waals surface area contributed by atoms with Gasteiger partial charge in [-0.2, -0.15) is 5.10 Å². The number of aliphatic hydroxyl groups is 1. The quantitative estimate of drug-likeness (QED) is 0.676. The lowest BCUT2D eigenvalue weighted by atomic mass is 10.1. The van der Waals surface area contributed by atoms with E-state index in [0.29, 0.717) is 25.3 Å². The highest BCUT2D eigenvalue weighted by Crippen LogP contribution is 2.16. The summed E-state index contributed by atoms with van der Waals surface area (Å²) in [6.45, 7) is 3.35. The Morgan fingerprint density at radius 3 is 2.87 bits per heavy atom. The number of carbonyl (C=O) groups is 1. The highest BCUT2D eigenvalue weighted by Gasteiger charge is 2.31. The molecule has 0 radical (unpaired) electrons. The number of β-amino-alcohol motifs (C(OH)–C–C–N with tert-alkyl or cyclic N) is 1. The number of aliphatic hydroxyl groups excluding tert-OH is 1. The summed E-state index contributed by atoms with van der Waals surface area (Å²) in [4.78, 5) is 13.3. The number of amides is 1. The van der Waals surface area contributed by atoms with Gasteiger partial charge in [-0.15, -0.1) is 0 Å². The number of aryl methyl sites for hydroxylation is 1. The van der Waals surface area contributed by atoms with E-state index in [1.165, 1.54) is 4.90 Å². The van der Waals surface area contributed by atoms with Crippen molar-refractivity contribution in [1.29, 1.82) is 0 Å². The fraction of sp³-hybridized carbons (Fsp3) is 0.556. The van der Waals surface area contributed by atoms with Crippen molar-refractivity contribution >= 4 is 11.6 Å². The van der Waals surface area contributed by atoms with E-state index in [4.69, 9.17) is 10.8 Å². The molecule has 1 aliphatic heterocycles. The van der Waals surface area contributed by atoms with Crippen LogP contribution in [0.3, 0.4) is 0 Å². The Kier molecular flexibility index (Phi) is 2.36. The molecule has 2 heterocycles. The van der Waals surface area contributed by atoms with Gasteiger partial charge in [-0.3, -0.25) is 9.48 Å². The van der Waals surface area contributed by atoms with Gasteiger partial charge < -0.3 is 15.7 Å². The minimum absolute atomic E-state index is 0.204. The Balaban J connectivity index is 2.14. The lowest BCUT2D eigenvalue weighted by Gasteiger charge is -2.35.